The number of hydrogen-bond acceptors (Lipinski definition) is 2. The Balaban J connectivity index is 2.12. The van der Waals surface area contributed by atoms with Crippen molar-refractivity contribution in [1.82, 2.24) is 4.98 Å². The molecule has 0 saturated heterocycles. The van der Waals surface area contributed by atoms with Crippen LogP contribution < -0.4 is 5.32 Å². The Kier molecular flexibility index (Phi) is 4.48. The lowest BCUT2D eigenvalue weighted by molar-refractivity contribution is 0.555. The van der Waals surface area contributed by atoms with E-state index in [-0.39, 0.29) is 5.41 Å². The highest BCUT2D eigenvalue weighted by Gasteiger charge is 2.20. The fourth-order valence-corrected chi connectivity index (χ4v) is 2.64. The molecule has 3 heteroatoms. The van der Waals surface area contributed by atoms with Gasteiger partial charge in [0.1, 0.15) is 5.82 Å². The van der Waals surface area contributed by atoms with Gasteiger partial charge >= 0.3 is 0 Å². The Bertz CT molecular complexity index is 606. The molecule has 1 aromatic carbocycles. The molecule has 1 aromatic heterocycles. The molecule has 0 amide bonds. The van der Waals surface area contributed by atoms with Crippen molar-refractivity contribution >= 4 is 21.7 Å². The highest BCUT2D eigenvalue weighted by atomic mass is 79.9. The zero-order valence-corrected chi connectivity index (χ0v) is 14.1. The van der Waals surface area contributed by atoms with Gasteiger partial charge in [-0.1, -0.05) is 43.7 Å². The van der Waals surface area contributed by atoms with Gasteiger partial charge in [0.2, 0.25) is 0 Å². The SMILES string of the molecule is Cc1cccc(C(C)(C)CNc2ncc(Br)cc2C)c1. The van der Waals surface area contributed by atoms with Crippen molar-refractivity contribution in [1.29, 1.82) is 0 Å². The minimum atomic E-state index is 0.0627. The minimum absolute atomic E-state index is 0.0627. The summed E-state index contributed by atoms with van der Waals surface area (Å²) >= 11 is 3.44. The molecular weight excluding hydrogens is 312 g/mol. The monoisotopic (exact) mass is 332 g/mol. The van der Waals surface area contributed by atoms with Gasteiger partial charge in [-0.05, 0) is 47.0 Å². The number of halogens is 1. The van der Waals surface area contributed by atoms with Crippen molar-refractivity contribution in [3.05, 3.63) is 57.7 Å². The standard InChI is InChI=1S/C17H21BrN2/c1-12-6-5-7-14(8-12)17(3,4)11-20-16-13(2)9-15(18)10-19-16/h5-10H,11H2,1-4H3,(H,19,20). The second kappa shape index (κ2) is 5.96. The number of anilines is 1. The summed E-state index contributed by atoms with van der Waals surface area (Å²) in [6.07, 6.45) is 1.83. The van der Waals surface area contributed by atoms with Crippen LogP contribution in [-0.4, -0.2) is 11.5 Å². The lowest BCUT2D eigenvalue weighted by Gasteiger charge is -2.26. The predicted octanol–water partition coefficient (Wildman–Crippen LogP) is 4.85. The second-order valence-corrected chi connectivity index (χ2v) is 6.84. The molecule has 0 bridgehead atoms. The van der Waals surface area contributed by atoms with Crippen LogP contribution in [-0.2, 0) is 5.41 Å². The first-order chi connectivity index (χ1) is 9.38. The first-order valence-corrected chi connectivity index (χ1v) is 7.61. The summed E-state index contributed by atoms with van der Waals surface area (Å²) in [5, 5.41) is 3.47. The Labute approximate surface area is 129 Å². The van der Waals surface area contributed by atoms with Crippen LogP contribution >= 0.6 is 15.9 Å². The Morgan fingerprint density at radius 2 is 1.95 bits per heavy atom. The minimum Gasteiger partial charge on any atom is -0.369 e. The third-order valence-corrected chi connectivity index (χ3v) is 3.98. The Morgan fingerprint density at radius 3 is 2.60 bits per heavy atom. The second-order valence-electron chi connectivity index (χ2n) is 5.93. The number of nitrogens with one attached hydrogen (secondary N) is 1. The van der Waals surface area contributed by atoms with E-state index in [1.807, 2.05) is 6.20 Å². The largest absolute Gasteiger partial charge is 0.369 e. The van der Waals surface area contributed by atoms with E-state index in [0.717, 1.165) is 22.4 Å². The van der Waals surface area contributed by atoms with Crippen LogP contribution in [0.3, 0.4) is 0 Å². The predicted molar refractivity (Wildman–Crippen MR) is 89.4 cm³/mol. The number of rotatable bonds is 4. The molecule has 0 saturated carbocycles. The summed E-state index contributed by atoms with van der Waals surface area (Å²) in [6, 6.07) is 10.8. The van der Waals surface area contributed by atoms with Gasteiger partial charge in [0, 0.05) is 22.6 Å². The summed E-state index contributed by atoms with van der Waals surface area (Å²) in [4.78, 5) is 4.43. The quantitative estimate of drug-likeness (QED) is 0.865. The van der Waals surface area contributed by atoms with Crippen molar-refractivity contribution in [3.63, 3.8) is 0 Å². The van der Waals surface area contributed by atoms with Crippen LogP contribution in [0, 0.1) is 13.8 Å². The zero-order valence-electron chi connectivity index (χ0n) is 12.5. The van der Waals surface area contributed by atoms with Crippen molar-refractivity contribution < 1.29 is 0 Å². The molecule has 0 aliphatic carbocycles. The van der Waals surface area contributed by atoms with Crippen molar-refractivity contribution in [2.24, 2.45) is 0 Å². The number of benzene rings is 1. The summed E-state index contributed by atoms with van der Waals surface area (Å²) < 4.78 is 1.01. The highest BCUT2D eigenvalue weighted by molar-refractivity contribution is 9.10. The summed E-state index contributed by atoms with van der Waals surface area (Å²) in [5.74, 6) is 0.953. The van der Waals surface area contributed by atoms with Crippen LogP contribution in [0.15, 0.2) is 41.0 Å². The molecule has 106 valence electrons. The van der Waals surface area contributed by atoms with E-state index in [2.05, 4.69) is 84.3 Å². The van der Waals surface area contributed by atoms with Gasteiger partial charge in [-0.2, -0.15) is 0 Å². The summed E-state index contributed by atoms with van der Waals surface area (Å²) in [7, 11) is 0. The van der Waals surface area contributed by atoms with Gasteiger partial charge in [-0.3, -0.25) is 0 Å². The molecule has 20 heavy (non-hydrogen) atoms. The lowest BCUT2D eigenvalue weighted by atomic mass is 9.84. The molecule has 2 nitrogen and oxygen atoms in total. The van der Waals surface area contributed by atoms with Gasteiger partial charge in [0.05, 0.1) is 0 Å². The molecule has 1 N–H and O–H groups in total. The fraction of sp³-hybridized carbons (Fsp3) is 0.353. The summed E-state index contributed by atoms with van der Waals surface area (Å²) in [5.41, 5.74) is 3.86. The smallest absolute Gasteiger partial charge is 0.128 e. The van der Waals surface area contributed by atoms with E-state index in [1.165, 1.54) is 11.1 Å². The van der Waals surface area contributed by atoms with Gasteiger partial charge in [-0.25, -0.2) is 4.98 Å². The van der Waals surface area contributed by atoms with E-state index in [4.69, 9.17) is 0 Å². The molecule has 0 atom stereocenters. The highest BCUT2D eigenvalue weighted by Crippen LogP contribution is 2.25. The fourth-order valence-electron chi connectivity index (χ4n) is 2.20. The molecule has 0 radical (unpaired) electrons. The molecule has 0 aliphatic rings. The average Bonchev–Trinajstić information content (AvgIpc) is 2.37. The number of nitrogens with zero attached hydrogens (tertiary/aromatic N) is 1. The van der Waals surface area contributed by atoms with Gasteiger partial charge in [-0.15, -0.1) is 0 Å². The molecular formula is C17H21BrN2. The molecule has 1 heterocycles. The maximum Gasteiger partial charge on any atom is 0.128 e. The molecule has 0 spiro atoms. The molecule has 2 rings (SSSR count). The van der Waals surface area contributed by atoms with E-state index >= 15 is 0 Å². The van der Waals surface area contributed by atoms with Crippen molar-refractivity contribution in [2.75, 3.05) is 11.9 Å². The van der Waals surface area contributed by atoms with E-state index in [0.29, 0.717) is 0 Å². The molecule has 2 aromatic rings. The summed E-state index contributed by atoms with van der Waals surface area (Å²) in [6.45, 7) is 9.56. The number of aromatic nitrogens is 1. The van der Waals surface area contributed by atoms with E-state index < -0.39 is 0 Å². The van der Waals surface area contributed by atoms with Gasteiger partial charge in [0.15, 0.2) is 0 Å². The lowest BCUT2D eigenvalue weighted by Crippen LogP contribution is -2.28. The number of aryl methyl sites for hydroxylation is 2. The Morgan fingerprint density at radius 1 is 1.20 bits per heavy atom. The molecule has 0 unspecified atom stereocenters. The maximum absolute atomic E-state index is 4.43. The Hall–Kier alpha value is -1.35. The van der Waals surface area contributed by atoms with Gasteiger partial charge in [0.25, 0.3) is 0 Å². The van der Waals surface area contributed by atoms with Crippen molar-refractivity contribution in [3.8, 4) is 0 Å². The van der Waals surface area contributed by atoms with E-state index in [1.54, 1.807) is 0 Å². The van der Waals surface area contributed by atoms with Crippen molar-refractivity contribution in [2.45, 2.75) is 33.1 Å². The molecule has 0 aliphatic heterocycles. The topological polar surface area (TPSA) is 24.9 Å². The maximum atomic E-state index is 4.43. The van der Waals surface area contributed by atoms with Gasteiger partial charge < -0.3 is 5.32 Å². The first kappa shape index (κ1) is 15.0. The van der Waals surface area contributed by atoms with E-state index in [9.17, 15) is 0 Å². The number of pyridine rings is 1. The third kappa shape index (κ3) is 3.60. The normalized spacial score (nSPS) is 11.4. The molecule has 0 fully saturated rings. The average molecular weight is 333 g/mol. The first-order valence-electron chi connectivity index (χ1n) is 6.82. The van der Waals surface area contributed by atoms with Crippen LogP contribution in [0.25, 0.3) is 0 Å². The third-order valence-electron chi connectivity index (χ3n) is 3.54. The van der Waals surface area contributed by atoms with Crippen LogP contribution in [0.4, 0.5) is 5.82 Å². The van der Waals surface area contributed by atoms with Crippen LogP contribution in [0.5, 0.6) is 0 Å². The van der Waals surface area contributed by atoms with Crippen LogP contribution in [0.2, 0.25) is 0 Å². The van der Waals surface area contributed by atoms with Crippen LogP contribution in [0.1, 0.15) is 30.5 Å². The zero-order chi connectivity index (χ0) is 14.8. The number of hydrogen-bond donors (Lipinski definition) is 1.